The van der Waals surface area contributed by atoms with E-state index in [1.165, 1.54) is 17.0 Å². The molecule has 1 amide bonds. The predicted octanol–water partition coefficient (Wildman–Crippen LogP) is 1.38. The fourth-order valence-corrected chi connectivity index (χ4v) is 3.03. The molecule has 0 unspecified atom stereocenters. The first-order chi connectivity index (χ1) is 11.7. The molecule has 1 aliphatic heterocycles. The standard InChI is InChI=1S/C19H21FN2O2/c1-24-18-4-2-3-16(13-18)19(23)22-11-9-21(10-12-22)14-15-5-7-17(20)8-6-15/h2-8,13H,9-12,14H2,1H3/p+1. The molecule has 1 heterocycles. The van der Waals surface area contributed by atoms with Crippen molar-refractivity contribution < 1.29 is 18.8 Å². The summed E-state index contributed by atoms with van der Waals surface area (Å²) in [6, 6.07) is 13.9. The quantitative estimate of drug-likeness (QED) is 0.919. The minimum Gasteiger partial charge on any atom is -0.497 e. The lowest BCUT2D eigenvalue weighted by atomic mass is 10.1. The maximum atomic E-state index is 13.0. The van der Waals surface area contributed by atoms with Crippen molar-refractivity contribution in [3.63, 3.8) is 0 Å². The molecule has 0 bridgehead atoms. The maximum Gasteiger partial charge on any atom is 0.254 e. The highest BCUT2D eigenvalue weighted by atomic mass is 19.1. The lowest BCUT2D eigenvalue weighted by molar-refractivity contribution is -0.917. The van der Waals surface area contributed by atoms with Crippen molar-refractivity contribution in [2.75, 3.05) is 33.3 Å². The maximum absolute atomic E-state index is 13.0. The Balaban J connectivity index is 1.56. The summed E-state index contributed by atoms with van der Waals surface area (Å²) in [7, 11) is 1.60. The first-order valence-electron chi connectivity index (χ1n) is 8.17. The van der Waals surface area contributed by atoms with Crippen molar-refractivity contribution in [3.05, 3.63) is 65.5 Å². The summed E-state index contributed by atoms with van der Waals surface area (Å²) in [5.74, 6) is 0.540. The third kappa shape index (κ3) is 3.92. The molecule has 4 nitrogen and oxygen atoms in total. The smallest absolute Gasteiger partial charge is 0.254 e. The molecule has 0 radical (unpaired) electrons. The number of piperazine rings is 1. The average molecular weight is 329 g/mol. The van der Waals surface area contributed by atoms with Crippen molar-refractivity contribution in [1.29, 1.82) is 0 Å². The summed E-state index contributed by atoms with van der Waals surface area (Å²) in [5.41, 5.74) is 1.79. The lowest BCUT2D eigenvalue weighted by Crippen LogP contribution is -3.13. The van der Waals surface area contributed by atoms with Crippen LogP contribution in [0, 0.1) is 5.82 Å². The van der Waals surface area contributed by atoms with Crippen LogP contribution in [-0.2, 0) is 6.54 Å². The van der Waals surface area contributed by atoms with Crippen LogP contribution in [0.1, 0.15) is 15.9 Å². The number of methoxy groups -OCH3 is 1. The number of rotatable bonds is 4. The van der Waals surface area contributed by atoms with Gasteiger partial charge in [-0.3, -0.25) is 4.79 Å². The van der Waals surface area contributed by atoms with Crippen molar-refractivity contribution in [2.24, 2.45) is 0 Å². The van der Waals surface area contributed by atoms with Gasteiger partial charge in [0, 0.05) is 11.1 Å². The largest absolute Gasteiger partial charge is 0.497 e. The van der Waals surface area contributed by atoms with E-state index in [1.54, 1.807) is 13.2 Å². The van der Waals surface area contributed by atoms with Crippen LogP contribution in [-0.4, -0.2) is 44.1 Å². The number of amides is 1. The van der Waals surface area contributed by atoms with E-state index in [9.17, 15) is 9.18 Å². The minimum absolute atomic E-state index is 0.0507. The molecular formula is C19H22FN2O2+. The number of carbonyl (C=O) groups excluding carboxylic acids is 1. The third-order valence-electron chi connectivity index (χ3n) is 4.44. The number of ether oxygens (including phenoxy) is 1. The Morgan fingerprint density at radius 1 is 1.17 bits per heavy atom. The van der Waals surface area contributed by atoms with Crippen LogP contribution < -0.4 is 9.64 Å². The molecule has 2 aromatic carbocycles. The second kappa shape index (κ2) is 7.45. The van der Waals surface area contributed by atoms with E-state index in [-0.39, 0.29) is 11.7 Å². The monoisotopic (exact) mass is 329 g/mol. The van der Waals surface area contributed by atoms with Crippen LogP contribution in [0.5, 0.6) is 5.75 Å². The molecule has 2 aromatic rings. The van der Waals surface area contributed by atoms with Gasteiger partial charge in [-0.05, 0) is 30.3 Å². The zero-order chi connectivity index (χ0) is 16.9. The van der Waals surface area contributed by atoms with Crippen molar-refractivity contribution in [1.82, 2.24) is 4.90 Å². The molecule has 0 spiro atoms. The van der Waals surface area contributed by atoms with Crippen LogP contribution in [0.3, 0.4) is 0 Å². The van der Waals surface area contributed by atoms with E-state index in [0.717, 1.165) is 38.3 Å². The van der Waals surface area contributed by atoms with Gasteiger partial charge in [-0.1, -0.05) is 18.2 Å². The Morgan fingerprint density at radius 3 is 2.54 bits per heavy atom. The summed E-state index contributed by atoms with van der Waals surface area (Å²) in [5, 5.41) is 0. The van der Waals surface area contributed by atoms with E-state index in [2.05, 4.69) is 0 Å². The van der Waals surface area contributed by atoms with Gasteiger partial charge < -0.3 is 14.5 Å². The summed E-state index contributed by atoms with van der Waals surface area (Å²) in [6.07, 6.45) is 0. The zero-order valence-corrected chi connectivity index (χ0v) is 13.8. The van der Waals surface area contributed by atoms with Gasteiger partial charge in [-0.2, -0.15) is 0 Å². The number of hydrogen-bond donors (Lipinski definition) is 1. The molecule has 126 valence electrons. The minimum atomic E-state index is -0.206. The summed E-state index contributed by atoms with van der Waals surface area (Å²) < 4.78 is 18.1. The van der Waals surface area contributed by atoms with Crippen LogP contribution in [0.25, 0.3) is 0 Å². The van der Waals surface area contributed by atoms with Gasteiger partial charge in [0.1, 0.15) is 18.1 Å². The van der Waals surface area contributed by atoms with Crippen LogP contribution in [0.4, 0.5) is 4.39 Å². The number of nitrogens with zero attached hydrogens (tertiary/aromatic N) is 1. The normalized spacial score (nSPS) is 15.3. The van der Waals surface area contributed by atoms with Crippen molar-refractivity contribution in [2.45, 2.75) is 6.54 Å². The fourth-order valence-electron chi connectivity index (χ4n) is 3.03. The van der Waals surface area contributed by atoms with E-state index < -0.39 is 0 Å². The SMILES string of the molecule is COc1cccc(C(=O)N2CC[NH+](Cc3ccc(F)cc3)CC2)c1. The molecule has 5 heteroatoms. The van der Waals surface area contributed by atoms with Gasteiger partial charge in [0.15, 0.2) is 0 Å². The summed E-state index contributed by atoms with van der Waals surface area (Å²) >= 11 is 0. The number of carbonyl (C=O) groups is 1. The van der Waals surface area contributed by atoms with Gasteiger partial charge in [0.25, 0.3) is 5.91 Å². The molecule has 3 rings (SSSR count). The summed E-state index contributed by atoms with van der Waals surface area (Å²) in [4.78, 5) is 15.9. The van der Waals surface area contributed by atoms with Crippen LogP contribution >= 0.6 is 0 Å². The second-order valence-corrected chi connectivity index (χ2v) is 6.08. The van der Waals surface area contributed by atoms with Gasteiger partial charge >= 0.3 is 0 Å². The van der Waals surface area contributed by atoms with Crippen molar-refractivity contribution in [3.8, 4) is 5.75 Å². The molecule has 1 N–H and O–H groups in total. The average Bonchev–Trinajstić information content (AvgIpc) is 2.64. The number of halogens is 1. The Bertz CT molecular complexity index is 695. The zero-order valence-electron chi connectivity index (χ0n) is 13.8. The van der Waals surface area contributed by atoms with E-state index >= 15 is 0 Å². The Kier molecular flexibility index (Phi) is 5.11. The van der Waals surface area contributed by atoms with E-state index in [1.807, 2.05) is 35.2 Å². The molecule has 1 fully saturated rings. The van der Waals surface area contributed by atoms with Crippen molar-refractivity contribution >= 4 is 5.91 Å². The molecule has 0 saturated carbocycles. The summed E-state index contributed by atoms with van der Waals surface area (Å²) in [6.45, 7) is 4.11. The number of nitrogens with one attached hydrogen (secondary N) is 1. The van der Waals surface area contributed by atoms with Gasteiger partial charge in [-0.25, -0.2) is 4.39 Å². The predicted molar refractivity (Wildman–Crippen MR) is 89.7 cm³/mol. The molecule has 1 aliphatic rings. The molecular weight excluding hydrogens is 307 g/mol. The number of quaternary nitrogens is 1. The first kappa shape index (κ1) is 16.5. The van der Waals surface area contributed by atoms with Gasteiger partial charge in [-0.15, -0.1) is 0 Å². The second-order valence-electron chi connectivity index (χ2n) is 6.08. The van der Waals surface area contributed by atoms with Crippen LogP contribution in [0.2, 0.25) is 0 Å². The fraction of sp³-hybridized carbons (Fsp3) is 0.316. The Hall–Kier alpha value is -2.40. The topological polar surface area (TPSA) is 34.0 Å². The van der Waals surface area contributed by atoms with E-state index in [4.69, 9.17) is 4.74 Å². The highest BCUT2D eigenvalue weighted by Gasteiger charge is 2.24. The third-order valence-corrected chi connectivity index (χ3v) is 4.44. The van der Waals surface area contributed by atoms with Gasteiger partial charge in [0.05, 0.1) is 33.3 Å². The number of benzene rings is 2. The molecule has 1 saturated heterocycles. The van der Waals surface area contributed by atoms with Gasteiger partial charge in [0.2, 0.25) is 0 Å². The first-order valence-corrected chi connectivity index (χ1v) is 8.17. The molecule has 0 aromatic heterocycles. The Morgan fingerprint density at radius 2 is 1.88 bits per heavy atom. The highest BCUT2D eigenvalue weighted by molar-refractivity contribution is 5.94. The highest BCUT2D eigenvalue weighted by Crippen LogP contribution is 2.14. The number of hydrogen-bond acceptors (Lipinski definition) is 2. The molecule has 0 aliphatic carbocycles. The molecule has 0 atom stereocenters. The molecule has 24 heavy (non-hydrogen) atoms. The lowest BCUT2D eigenvalue weighted by Gasteiger charge is -2.32. The Labute approximate surface area is 141 Å². The van der Waals surface area contributed by atoms with E-state index in [0.29, 0.717) is 11.3 Å². The van der Waals surface area contributed by atoms with Crippen LogP contribution in [0.15, 0.2) is 48.5 Å².